The summed E-state index contributed by atoms with van der Waals surface area (Å²) >= 11 is 13.5. The van der Waals surface area contributed by atoms with Gasteiger partial charge in [0.15, 0.2) is 0 Å². The van der Waals surface area contributed by atoms with Gasteiger partial charge in [0.1, 0.15) is 10.2 Å². The molecule has 2 rings (SSSR count). The van der Waals surface area contributed by atoms with Crippen molar-refractivity contribution in [3.63, 3.8) is 0 Å². The Kier molecular flexibility index (Phi) is 3.20. The summed E-state index contributed by atoms with van der Waals surface area (Å²) in [5, 5.41) is 2.33. The molecular formula is C9H10Cl2N2S. The minimum atomic E-state index is 0.249. The van der Waals surface area contributed by atoms with Crippen molar-refractivity contribution in [2.75, 3.05) is 0 Å². The van der Waals surface area contributed by atoms with Gasteiger partial charge in [-0.1, -0.05) is 24.9 Å². The number of rotatable bonds is 2. The fraction of sp³-hybridized carbons (Fsp3) is 0.556. The summed E-state index contributed by atoms with van der Waals surface area (Å²) in [6.07, 6.45) is 3.35. The second-order valence-corrected chi connectivity index (χ2v) is 5.28. The average molecular weight is 249 g/mol. The molecule has 1 aromatic rings. The third-order valence-corrected chi connectivity index (χ3v) is 3.99. The summed E-state index contributed by atoms with van der Waals surface area (Å²) in [4.78, 5) is 8.13. The third kappa shape index (κ3) is 2.00. The van der Waals surface area contributed by atoms with E-state index in [1.165, 1.54) is 12.8 Å². The molecule has 1 aliphatic heterocycles. The van der Waals surface area contributed by atoms with Gasteiger partial charge in [-0.05, 0) is 24.4 Å². The molecule has 0 aromatic carbocycles. The summed E-state index contributed by atoms with van der Waals surface area (Å²) in [5.74, 6) is 0. The van der Waals surface area contributed by atoms with Crippen LogP contribution in [0.1, 0.15) is 25.3 Å². The van der Waals surface area contributed by atoms with Crippen molar-refractivity contribution in [3.8, 4) is 0 Å². The van der Waals surface area contributed by atoms with Crippen molar-refractivity contribution < 1.29 is 0 Å². The average Bonchev–Trinajstić information content (AvgIpc) is 2.48. The van der Waals surface area contributed by atoms with Crippen molar-refractivity contribution in [2.45, 2.75) is 36.5 Å². The SMILES string of the molecule is CCCC1Cc2c(Cl)nc(Cl)nc2S1. The molecule has 14 heavy (non-hydrogen) atoms. The molecule has 1 atom stereocenters. The lowest BCUT2D eigenvalue weighted by Gasteiger charge is -2.03. The van der Waals surface area contributed by atoms with Gasteiger partial charge in [-0.25, -0.2) is 9.97 Å². The highest BCUT2D eigenvalue weighted by Gasteiger charge is 2.26. The van der Waals surface area contributed by atoms with E-state index in [2.05, 4.69) is 16.9 Å². The molecule has 0 amide bonds. The molecular weight excluding hydrogens is 239 g/mol. The van der Waals surface area contributed by atoms with E-state index in [-0.39, 0.29) is 5.28 Å². The Bertz CT molecular complexity index is 357. The van der Waals surface area contributed by atoms with E-state index in [9.17, 15) is 0 Å². The molecule has 5 heteroatoms. The third-order valence-electron chi connectivity index (χ3n) is 2.21. The van der Waals surface area contributed by atoms with Gasteiger partial charge in [0.2, 0.25) is 5.28 Å². The molecule has 0 saturated heterocycles. The van der Waals surface area contributed by atoms with E-state index < -0.39 is 0 Å². The first-order valence-corrected chi connectivity index (χ1v) is 6.22. The fourth-order valence-corrected chi connectivity index (χ4v) is 3.54. The van der Waals surface area contributed by atoms with E-state index in [4.69, 9.17) is 23.2 Å². The standard InChI is InChI=1S/C9H10Cl2N2S/c1-2-3-5-4-6-7(10)12-9(11)13-8(6)14-5/h5H,2-4H2,1H3. The van der Waals surface area contributed by atoms with Crippen LogP contribution in [0.15, 0.2) is 5.03 Å². The lowest BCUT2D eigenvalue weighted by Crippen LogP contribution is -1.99. The summed E-state index contributed by atoms with van der Waals surface area (Å²) < 4.78 is 0. The van der Waals surface area contributed by atoms with Crippen LogP contribution in [0.4, 0.5) is 0 Å². The Morgan fingerprint density at radius 3 is 2.93 bits per heavy atom. The summed E-state index contributed by atoms with van der Waals surface area (Å²) in [6, 6.07) is 0. The maximum Gasteiger partial charge on any atom is 0.224 e. The Labute approximate surface area is 97.4 Å². The van der Waals surface area contributed by atoms with Crippen LogP contribution in [0.5, 0.6) is 0 Å². The smallest absolute Gasteiger partial charge is 0.211 e. The zero-order valence-electron chi connectivity index (χ0n) is 7.76. The molecule has 0 spiro atoms. The summed E-state index contributed by atoms with van der Waals surface area (Å²) in [6.45, 7) is 2.18. The van der Waals surface area contributed by atoms with Crippen LogP contribution in [0, 0.1) is 0 Å². The van der Waals surface area contributed by atoms with Gasteiger partial charge in [0, 0.05) is 10.8 Å². The number of nitrogens with zero attached hydrogens (tertiary/aromatic N) is 2. The molecule has 1 aliphatic rings. The molecule has 1 aromatic heterocycles. The first kappa shape index (κ1) is 10.5. The van der Waals surface area contributed by atoms with Crippen molar-refractivity contribution in [3.05, 3.63) is 16.0 Å². The highest BCUT2D eigenvalue weighted by atomic mass is 35.5. The highest BCUT2D eigenvalue weighted by molar-refractivity contribution is 8.00. The predicted octanol–water partition coefficient (Wildman–Crippen LogP) is 3.60. The van der Waals surface area contributed by atoms with Crippen molar-refractivity contribution >= 4 is 35.0 Å². The van der Waals surface area contributed by atoms with Crippen LogP contribution in [-0.4, -0.2) is 15.2 Å². The quantitative estimate of drug-likeness (QED) is 0.591. The van der Waals surface area contributed by atoms with Crippen LogP contribution in [0.25, 0.3) is 0 Å². The highest BCUT2D eigenvalue weighted by Crippen LogP contribution is 2.40. The molecule has 2 heterocycles. The molecule has 0 saturated carbocycles. The van der Waals surface area contributed by atoms with Gasteiger partial charge in [-0.2, -0.15) is 0 Å². The summed E-state index contributed by atoms with van der Waals surface area (Å²) in [5.41, 5.74) is 1.07. The van der Waals surface area contributed by atoms with Gasteiger partial charge in [-0.15, -0.1) is 11.8 Å². The molecule has 0 aliphatic carbocycles. The second kappa shape index (κ2) is 4.25. The van der Waals surface area contributed by atoms with Gasteiger partial charge < -0.3 is 0 Å². The van der Waals surface area contributed by atoms with Crippen molar-refractivity contribution in [1.29, 1.82) is 0 Å². The Morgan fingerprint density at radius 2 is 2.21 bits per heavy atom. The maximum absolute atomic E-state index is 5.99. The van der Waals surface area contributed by atoms with Gasteiger partial charge in [0.05, 0.1) is 0 Å². The first-order chi connectivity index (χ1) is 6.70. The molecule has 76 valence electrons. The van der Waals surface area contributed by atoms with Crippen LogP contribution in [-0.2, 0) is 6.42 Å². The molecule has 1 unspecified atom stereocenters. The zero-order chi connectivity index (χ0) is 10.1. The largest absolute Gasteiger partial charge is 0.224 e. The van der Waals surface area contributed by atoms with E-state index in [1.807, 2.05) is 0 Å². The first-order valence-electron chi connectivity index (χ1n) is 4.59. The van der Waals surface area contributed by atoms with Crippen LogP contribution < -0.4 is 0 Å². The lowest BCUT2D eigenvalue weighted by atomic mass is 10.1. The number of hydrogen-bond acceptors (Lipinski definition) is 3. The Balaban J connectivity index is 2.26. The van der Waals surface area contributed by atoms with Crippen LogP contribution in [0.2, 0.25) is 10.4 Å². The maximum atomic E-state index is 5.99. The normalized spacial score (nSPS) is 19.8. The Hall–Kier alpha value is 0.01000. The number of aromatic nitrogens is 2. The van der Waals surface area contributed by atoms with Crippen molar-refractivity contribution in [1.82, 2.24) is 9.97 Å². The van der Waals surface area contributed by atoms with Gasteiger partial charge in [0.25, 0.3) is 0 Å². The van der Waals surface area contributed by atoms with E-state index in [1.54, 1.807) is 11.8 Å². The van der Waals surface area contributed by atoms with E-state index in [0.29, 0.717) is 10.4 Å². The van der Waals surface area contributed by atoms with Crippen molar-refractivity contribution in [2.24, 2.45) is 0 Å². The van der Waals surface area contributed by atoms with E-state index in [0.717, 1.165) is 17.0 Å². The minimum absolute atomic E-state index is 0.249. The fourth-order valence-electron chi connectivity index (χ4n) is 1.59. The number of halogens is 2. The minimum Gasteiger partial charge on any atom is -0.211 e. The predicted molar refractivity (Wildman–Crippen MR) is 60.3 cm³/mol. The molecule has 0 N–H and O–H groups in total. The van der Waals surface area contributed by atoms with Gasteiger partial charge in [-0.3, -0.25) is 0 Å². The van der Waals surface area contributed by atoms with Crippen LogP contribution >= 0.6 is 35.0 Å². The lowest BCUT2D eigenvalue weighted by molar-refractivity contribution is 0.741. The molecule has 0 bridgehead atoms. The topological polar surface area (TPSA) is 25.8 Å². The second-order valence-electron chi connectivity index (χ2n) is 3.30. The monoisotopic (exact) mass is 248 g/mol. The molecule has 2 nitrogen and oxygen atoms in total. The summed E-state index contributed by atoms with van der Waals surface area (Å²) in [7, 11) is 0. The molecule has 0 radical (unpaired) electrons. The molecule has 0 fully saturated rings. The van der Waals surface area contributed by atoms with Gasteiger partial charge >= 0.3 is 0 Å². The number of fused-ring (bicyclic) bond motifs is 1. The number of hydrogen-bond donors (Lipinski definition) is 0. The number of thioether (sulfide) groups is 1. The Morgan fingerprint density at radius 1 is 1.43 bits per heavy atom. The van der Waals surface area contributed by atoms with Crippen LogP contribution in [0.3, 0.4) is 0 Å². The van der Waals surface area contributed by atoms with E-state index >= 15 is 0 Å². The zero-order valence-corrected chi connectivity index (χ0v) is 10.1.